The smallest absolute Gasteiger partial charge is 0.228 e. The molecular weight excluding hydrogens is 336 g/mol. The average molecular weight is 367 g/mol. The Morgan fingerprint density at radius 2 is 1.81 bits per heavy atom. The molecule has 0 spiro atoms. The third-order valence-electron chi connectivity index (χ3n) is 5.88. The van der Waals surface area contributed by atoms with Crippen LogP contribution >= 0.6 is 0 Å². The number of pyridine rings is 1. The van der Waals surface area contributed by atoms with Crippen LogP contribution in [0.15, 0.2) is 30.5 Å². The first-order chi connectivity index (χ1) is 13.2. The number of aromatic nitrogens is 1. The van der Waals surface area contributed by atoms with Crippen molar-refractivity contribution in [3.8, 4) is 0 Å². The molecule has 0 bridgehead atoms. The molecule has 0 radical (unpaired) electrons. The Bertz CT molecular complexity index is 794. The second-order valence-electron chi connectivity index (χ2n) is 7.98. The molecule has 0 aliphatic carbocycles. The number of amides is 1. The summed E-state index contributed by atoms with van der Waals surface area (Å²) in [5.74, 6) is 0.0766. The summed E-state index contributed by atoms with van der Waals surface area (Å²) in [5.41, 5.74) is 3.04. The van der Waals surface area contributed by atoms with Gasteiger partial charge in [0.25, 0.3) is 0 Å². The maximum atomic E-state index is 12.8. The van der Waals surface area contributed by atoms with Crippen LogP contribution in [0.25, 0.3) is 10.9 Å². The molecule has 2 saturated heterocycles. The first kappa shape index (κ1) is 18.2. The quantitative estimate of drug-likeness (QED) is 0.872. The van der Waals surface area contributed by atoms with Crippen LogP contribution in [0.2, 0.25) is 0 Å². The molecular formula is C22H30N4O. The average Bonchev–Trinajstić information content (AvgIpc) is 3.23. The lowest BCUT2D eigenvalue weighted by Crippen LogP contribution is -2.37. The zero-order valence-corrected chi connectivity index (χ0v) is 16.3. The number of benzene rings is 1. The van der Waals surface area contributed by atoms with Crippen LogP contribution in [-0.4, -0.2) is 48.5 Å². The number of carbonyl (C=O) groups is 1. The lowest BCUT2D eigenvalue weighted by atomic mass is 10.1. The molecule has 1 atom stereocenters. The van der Waals surface area contributed by atoms with E-state index in [1.54, 1.807) is 0 Å². The third-order valence-corrected chi connectivity index (χ3v) is 5.88. The number of nitrogens with zero attached hydrogens (tertiary/aromatic N) is 3. The van der Waals surface area contributed by atoms with E-state index in [9.17, 15) is 4.79 Å². The molecule has 1 unspecified atom stereocenters. The summed E-state index contributed by atoms with van der Waals surface area (Å²) in [6, 6.07) is 8.17. The minimum atomic E-state index is -0.0203. The SMILES string of the molecule is CC(CN1CCCCC1)C(=O)Nc1ccc(N2CCCC2)c2ncccc12. The molecule has 5 nitrogen and oxygen atoms in total. The second-order valence-corrected chi connectivity index (χ2v) is 7.98. The summed E-state index contributed by atoms with van der Waals surface area (Å²) in [6.45, 7) is 7.29. The highest BCUT2D eigenvalue weighted by atomic mass is 16.1. The summed E-state index contributed by atoms with van der Waals surface area (Å²) < 4.78 is 0. The number of fused-ring (bicyclic) bond motifs is 1. The molecule has 1 aromatic carbocycles. The van der Waals surface area contributed by atoms with Gasteiger partial charge in [0.05, 0.1) is 16.9 Å². The summed E-state index contributed by atoms with van der Waals surface area (Å²) in [4.78, 5) is 22.3. The zero-order valence-electron chi connectivity index (χ0n) is 16.3. The first-order valence-corrected chi connectivity index (χ1v) is 10.4. The van der Waals surface area contributed by atoms with Crippen LogP contribution in [-0.2, 0) is 4.79 Å². The highest BCUT2D eigenvalue weighted by Gasteiger charge is 2.21. The minimum Gasteiger partial charge on any atom is -0.370 e. The van der Waals surface area contributed by atoms with Gasteiger partial charge in [-0.3, -0.25) is 9.78 Å². The summed E-state index contributed by atoms with van der Waals surface area (Å²) >= 11 is 0. The molecule has 2 aromatic rings. The van der Waals surface area contributed by atoms with Crippen molar-refractivity contribution in [3.05, 3.63) is 30.5 Å². The minimum absolute atomic E-state index is 0.0203. The molecule has 0 saturated carbocycles. The van der Waals surface area contributed by atoms with Crippen LogP contribution in [0.1, 0.15) is 39.0 Å². The number of likely N-dealkylation sites (tertiary alicyclic amines) is 1. The standard InChI is InChI=1S/C22H30N4O/c1-17(16-25-12-3-2-4-13-25)22(27)24-19-9-10-20(26-14-5-6-15-26)21-18(19)8-7-11-23-21/h7-11,17H,2-6,12-16H2,1H3,(H,24,27). The second kappa shape index (κ2) is 8.26. The van der Waals surface area contributed by atoms with Gasteiger partial charge in [-0.2, -0.15) is 0 Å². The highest BCUT2D eigenvalue weighted by Crippen LogP contribution is 2.32. The van der Waals surface area contributed by atoms with E-state index >= 15 is 0 Å². The number of rotatable bonds is 5. The molecule has 2 fully saturated rings. The Hall–Kier alpha value is -2.14. The first-order valence-electron chi connectivity index (χ1n) is 10.4. The predicted octanol–water partition coefficient (Wildman–Crippen LogP) is 3.90. The Morgan fingerprint density at radius 1 is 1.07 bits per heavy atom. The largest absolute Gasteiger partial charge is 0.370 e. The lowest BCUT2D eigenvalue weighted by molar-refractivity contribution is -0.120. The van der Waals surface area contributed by atoms with E-state index in [0.29, 0.717) is 0 Å². The summed E-state index contributed by atoms with van der Waals surface area (Å²) in [5, 5.41) is 4.20. The fourth-order valence-corrected chi connectivity index (χ4v) is 4.35. The fourth-order valence-electron chi connectivity index (χ4n) is 4.35. The van der Waals surface area contributed by atoms with Gasteiger partial charge in [0.15, 0.2) is 0 Å². The molecule has 144 valence electrons. The van der Waals surface area contributed by atoms with Gasteiger partial charge in [-0.15, -0.1) is 0 Å². The van der Waals surface area contributed by atoms with Gasteiger partial charge in [-0.05, 0) is 63.0 Å². The molecule has 3 heterocycles. The Balaban J connectivity index is 1.51. The van der Waals surface area contributed by atoms with E-state index in [1.807, 2.05) is 25.3 Å². The molecule has 2 aliphatic heterocycles. The molecule has 27 heavy (non-hydrogen) atoms. The van der Waals surface area contributed by atoms with Crippen molar-refractivity contribution in [2.45, 2.75) is 39.0 Å². The van der Waals surface area contributed by atoms with Gasteiger partial charge in [-0.25, -0.2) is 0 Å². The predicted molar refractivity (Wildman–Crippen MR) is 111 cm³/mol. The summed E-state index contributed by atoms with van der Waals surface area (Å²) in [7, 11) is 0. The monoisotopic (exact) mass is 366 g/mol. The fraction of sp³-hybridized carbons (Fsp3) is 0.545. The van der Waals surface area contributed by atoms with Crippen molar-refractivity contribution in [1.82, 2.24) is 9.88 Å². The van der Waals surface area contributed by atoms with Gasteiger partial charge >= 0.3 is 0 Å². The normalized spacial score (nSPS) is 19.4. The lowest BCUT2D eigenvalue weighted by Gasteiger charge is -2.28. The van der Waals surface area contributed by atoms with Gasteiger partial charge in [0.1, 0.15) is 0 Å². The van der Waals surface area contributed by atoms with Crippen molar-refractivity contribution in [2.75, 3.05) is 42.9 Å². The van der Waals surface area contributed by atoms with Crippen molar-refractivity contribution in [3.63, 3.8) is 0 Å². The van der Waals surface area contributed by atoms with Crippen molar-refractivity contribution in [1.29, 1.82) is 0 Å². The Labute approximate surface area is 161 Å². The molecule has 1 aromatic heterocycles. The van der Waals surface area contributed by atoms with Gasteiger partial charge in [0.2, 0.25) is 5.91 Å². The van der Waals surface area contributed by atoms with E-state index in [4.69, 9.17) is 0 Å². The van der Waals surface area contributed by atoms with Crippen LogP contribution < -0.4 is 10.2 Å². The van der Waals surface area contributed by atoms with Crippen LogP contribution in [0, 0.1) is 5.92 Å². The topological polar surface area (TPSA) is 48.5 Å². The molecule has 1 amide bonds. The maximum absolute atomic E-state index is 12.8. The number of hydrogen-bond acceptors (Lipinski definition) is 4. The van der Waals surface area contributed by atoms with Crippen molar-refractivity contribution < 1.29 is 4.79 Å². The van der Waals surface area contributed by atoms with E-state index in [1.165, 1.54) is 37.8 Å². The highest BCUT2D eigenvalue weighted by molar-refractivity contribution is 6.05. The van der Waals surface area contributed by atoms with E-state index in [2.05, 4.69) is 32.2 Å². The Morgan fingerprint density at radius 3 is 2.59 bits per heavy atom. The van der Waals surface area contributed by atoms with Gasteiger partial charge in [0, 0.05) is 37.1 Å². The molecule has 1 N–H and O–H groups in total. The number of hydrogen-bond donors (Lipinski definition) is 1. The number of piperidine rings is 1. The van der Waals surface area contributed by atoms with E-state index in [-0.39, 0.29) is 11.8 Å². The molecule has 2 aliphatic rings. The van der Waals surface area contributed by atoms with Crippen molar-refractivity contribution in [2.24, 2.45) is 5.92 Å². The third kappa shape index (κ3) is 4.08. The number of nitrogens with one attached hydrogen (secondary N) is 1. The molecule has 5 heteroatoms. The molecule has 4 rings (SSSR count). The van der Waals surface area contributed by atoms with Crippen molar-refractivity contribution >= 4 is 28.2 Å². The summed E-state index contributed by atoms with van der Waals surface area (Å²) in [6.07, 6.45) is 8.14. The number of carbonyl (C=O) groups excluding carboxylic acids is 1. The number of anilines is 2. The van der Waals surface area contributed by atoms with Crippen LogP contribution in [0.4, 0.5) is 11.4 Å². The van der Waals surface area contributed by atoms with E-state index < -0.39 is 0 Å². The zero-order chi connectivity index (χ0) is 18.6. The Kier molecular flexibility index (Phi) is 5.58. The van der Waals surface area contributed by atoms with Gasteiger partial charge in [-0.1, -0.05) is 13.3 Å². The van der Waals surface area contributed by atoms with Crippen LogP contribution in [0.5, 0.6) is 0 Å². The van der Waals surface area contributed by atoms with E-state index in [0.717, 1.165) is 49.3 Å². The van der Waals surface area contributed by atoms with Gasteiger partial charge < -0.3 is 15.1 Å². The van der Waals surface area contributed by atoms with Crippen LogP contribution in [0.3, 0.4) is 0 Å². The maximum Gasteiger partial charge on any atom is 0.228 e.